The van der Waals surface area contributed by atoms with E-state index >= 15 is 0 Å². The summed E-state index contributed by atoms with van der Waals surface area (Å²) in [6.07, 6.45) is 4.07. The summed E-state index contributed by atoms with van der Waals surface area (Å²) in [5, 5.41) is 6.50. The molecule has 1 atom stereocenters. The first-order valence-corrected chi connectivity index (χ1v) is 5.36. The standard InChI is InChI=1S/C10H18N2O.CHN/c1-8-2-3-10(4-8)6-12(7-10)5-9(11)13;1-2/h8H,2-7H2,1H3,(H2,11,13);1H. The molecule has 1 aliphatic heterocycles. The van der Waals surface area contributed by atoms with Crippen molar-refractivity contribution in [2.45, 2.75) is 26.2 Å². The molecule has 2 aliphatic rings. The molecule has 0 aromatic carbocycles. The topological polar surface area (TPSA) is 70.1 Å². The molecule has 0 aromatic rings. The zero-order chi connectivity index (χ0) is 11.5. The summed E-state index contributed by atoms with van der Waals surface area (Å²) in [7, 11) is 0. The summed E-state index contributed by atoms with van der Waals surface area (Å²) in [5.41, 5.74) is 5.70. The number of nitrogens with two attached hydrogens (primary N) is 1. The number of primary amides is 1. The third-order valence-electron chi connectivity index (χ3n) is 3.45. The molecule has 1 amide bonds. The van der Waals surface area contributed by atoms with Crippen LogP contribution in [0.25, 0.3) is 0 Å². The van der Waals surface area contributed by atoms with Crippen molar-refractivity contribution in [3.63, 3.8) is 0 Å². The number of hydrogen-bond acceptors (Lipinski definition) is 3. The first-order chi connectivity index (χ1) is 7.10. The highest BCUT2D eigenvalue weighted by Crippen LogP contribution is 2.47. The maximum Gasteiger partial charge on any atom is 0.231 e. The van der Waals surface area contributed by atoms with E-state index in [0.29, 0.717) is 12.0 Å². The quantitative estimate of drug-likeness (QED) is 0.729. The minimum absolute atomic E-state index is 0.194. The maximum atomic E-state index is 10.7. The Morgan fingerprint density at radius 1 is 1.60 bits per heavy atom. The van der Waals surface area contributed by atoms with Crippen LogP contribution in [0, 0.1) is 23.2 Å². The highest BCUT2D eigenvalue weighted by atomic mass is 16.1. The zero-order valence-corrected chi connectivity index (χ0v) is 9.28. The predicted molar refractivity (Wildman–Crippen MR) is 57.8 cm³/mol. The highest BCUT2D eigenvalue weighted by Gasteiger charge is 2.46. The number of nitriles is 1. The molecule has 4 heteroatoms. The third-order valence-corrected chi connectivity index (χ3v) is 3.45. The molecule has 2 rings (SSSR count). The molecular formula is C11H19N3O. The van der Waals surface area contributed by atoms with E-state index in [1.165, 1.54) is 19.3 Å². The van der Waals surface area contributed by atoms with Crippen LogP contribution in [0.4, 0.5) is 0 Å². The second kappa shape index (κ2) is 4.63. The van der Waals surface area contributed by atoms with E-state index in [1.54, 1.807) is 0 Å². The van der Waals surface area contributed by atoms with Crippen LogP contribution in [0.5, 0.6) is 0 Å². The number of carbonyl (C=O) groups is 1. The molecule has 4 nitrogen and oxygen atoms in total. The van der Waals surface area contributed by atoms with Gasteiger partial charge in [0.2, 0.25) is 5.91 Å². The fraction of sp³-hybridized carbons (Fsp3) is 0.818. The Morgan fingerprint density at radius 3 is 2.60 bits per heavy atom. The van der Waals surface area contributed by atoms with E-state index in [-0.39, 0.29) is 5.91 Å². The lowest BCUT2D eigenvalue weighted by molar-refractivity contribution is -0.122. The van der Waals surface area contributed by atoms with Crippen LogP contribution in [-0.4, -0.2) is 30.4 Å². The van der Waals surface area contributed by atoms with E-state index in [1.807, 2.05) is 0 Å². The molecule has 0 aromatic heterocycles. The van der Waals surface area contributed by atoms with Gasteiger partial charge in [-0.2, -0.15) is 0 Å². The molecular weight excluding hydrogens is 190 g/mol. The SMILES string of the molecule is C#N.CC1CCC2(C1)CN(CC(N)=O)C2. The van der Waals surface area contributed by atoms with E-state index in [4.69, 9.17) is 11.0 Å². The van der Waals surface area contributed by atoms with Crippen molar-refractivity contribution >= 4 is 5.91 Å². The minimum Gasteiger partial charge on any atom is -0.369 e. The molecule has 2 N–H and O–H groups in total. The molecule has 1 aliphatic carbocycles. The second-order valence-corrected chi connectivity index (χ2v) is 4.96. The smallest absolute Gasteiger partial charge is 0.231 e. The number of rotatable bonds is 2. The third kappa shape index (κ3) is 2.69. The van der Waals surface area contributed by atoms with Crippen LogP contribution in [-0.2, 0) is 4.79 Å². The monoisotopic (exact) mass is 209 g/mol. The van der Waals surface area contributed by atoms with Gasteiger partial charge < -0.3 is 5.73 Å². The van der Waals surface area contributed by atoms with Crippen LogP contribution >= 0.6 is 0 Å². The Morgan fingerprint density at radius 2 is 2.20 bits per heavy atom. The van der Waals surface area contributed by atoms with Gasteiger partial charge in [0.25, 0.3) is 0 Å². The predicted octanol–water partition coefficient (Wildman–Crippen LogP) is 0.733. The maximum absolute atomic E-state index is 10.7. The summed E-state index contributed by atoms with van der Waals surface area (Å²) in [6.45, 7) is 8.47. The molecule has 1 heterocycles. The number of hydrogen-bond donors (Lipinski definition) is 1. The first kappa shape index (κ1) is 12.0. The van der Waals surface area contributed by atoms with E-state index in [2.05, 4.69) is 18.4 Å². The molecule has 1 saturated heterocycles. The van der Waals surface area contributed by atoms with E-state index in [9.17, 15) is 4.79 Å². The van der Waals surface area contributed by atoms with Gasteiger partial charge in [0, 0.05) is 19.7 Å². The van der Waals surface area contributed by atoms with Gasteiger partial charge in [0.05, 0.1) is 6.54 Å². The number of amides is 1. The van der Waals surface area contributed by atoms with Crippen molar-refractivity contribution in [1.82, 2.24) is 4.90 Å². The number of likely N-dealkylation sites (tertiary alicyclic amines) is 1. The first-order valence-electron chi connectivity index (χ1n) is 5.36. The van der Waals surface area contributed by atoms with Gasteiger partial charge in [-0.15, -0.1) is 0 Å². The largest absolute Gasteiger partial charge is 0.369 e. The van der Waals surface area contributed by atoms with Crippen molar-refractivity contribution < 1.29 is 4.79 Å². The van der Waals surface area contributed by atoms with Crippen molar-refractivity contribution in [2.75, 3.05) is 19.6 Å². The van der Waals surface area contributed by atoms with Crippen LogP contribution in [0.15, 0.2) is 0 Å². The lowest BCUT2D eigenvalue weighted by atomic mass is 9.77. The number of carbonyl (C=O) groups excluding carboxylic acids is 1. The Hall–Kier alpha value is -1.08. The molecule has 1 saturated carbocycles. The van der Waals surface area contributed by atoms with Gasteiger partial charge in [0.15, 0.2) is 0 Å². The fourth-order valence-electron chi connectivity index (χ4n) is 3.02. The Kier molecular flexibility index (Phi) is 3.70. The van der Waals surface area contributed by atoms with Gasteiger partial charge in [0.1, 0.15) is 0 Å². The summed E-state index contributed by atoms with van der Waals surface area (Å²) in [6, 6.07) is 0. The summed E-state index contributed by atoms with van der Waals surface area (Å²) in [4.78, 5) is 12.8. The van der Waals surface area contributed by atoms with Gasteiger partial charge in [-0.3, -0.25) is 9.69 Å². The second-order valence-electron chi connectivity index (χ2n) is 4.96. The normalized spacial score (nSPS) is 27.8. The van der Waals surface area contributed by atoms with Gasteiger partial charge in [-0.25, -0.2) is 5.26 Å². The Labute approximate surface area is 91.0 Å². The van der Waals surface area contributed by atoms with Gasteiger partial charge in [-0.1, -0.05) is 13.3 Å². The van der Waals surface area contributed by atoms with Crippen molar-refractivity contribution in [2.24, 2.45) is 17.1 Å². The lowest BCUT2D eigenvalue weighted by Crippen LogP contribution is -2.57. The molecule has 1 unspecified atom stereocenters. The fourth-order valence-corrected chi connectivity index (χ4v) is 3.02. The van der Waals surface area contributed by atoms with Crippen molar-refractivity contribution in [3.8, 4) is 6.57 Å². The molecule has 15 heavy (non-hydrogen) atoms. The molecule has 0 bridgehead atoms. The summed E-state index contributed by atoms with van der Waals surface area (Å²) >= 11 is 0. The van der Waals surface area contributed by atoms with Crippen molar-refractivity contribution in [1.29, 1.82) is 5.26 Å². The lowest BCUT2D eigenvalue weighted by Gasteiger charge is -2.48. The average molecular weight is 209 g/mol. The zero-order valence-electron chi connectivity index (χ0n) is 9.28. The van der Waals surface area contributed by atoms with Crippen LogP contribution in [0.1, 0.15) is 26.2 Å². The highest BCUT2D eigenvalue weighted by molar-refractivity contribution is 5.76. The van der Waals surface area contributed by atoms with Gasteiger partial charge >= 0.3 is 0 Å². The van der Waals surface area contributed by atoms with E-state index in [0.717, 1.165) is 19.0 Å². The molecule has 84 valence electrons. The molecule has 2 fully saturated rings. The number of nitrogens with zero attached hydrogens (tertiary/aromatic N) is 2. The minimum atomic E-state index is -0.194. The van der Waals surface area contributed by atoms with Crippen LogP contribution in [0.3, 0.4) is 0 Å². The van der Waals surface area contributed by atoms with Crippen LogP contribution in [0.2, 0.25) is 0 Å². The van der Waals surface area contributed by atoms with E-state index < -0.39 is 0 Å². The van der Waals surface area contributed by atoms with Crippen LogP contribution < -0.4 is 5.73 Å². The summed E-state index contributed by atoms with van der Waals surface area (Å²) in [5.74, 6) is 0.691. The average Bonchev–Trinajstić information content (AvgIpc) is 2.50. The van der Waals surface area contributed by atoms with Crippen molar-refractivity contribution in [3.05, 3.63) is 0 Å². The van der Waals surface area contributed by atoms with Gasteiger partial charge in [-0.05, 0) is 24.2 Å². The summed E-state index contributed by atoms with van der Waals surface area (Å²) < 4.78 is 0. The Balaban J connectivity index is 0.000000531. The molecule has 1 spiro atoms. The molecule has 0 radical (unpaired) electrons. The Bertz CT molecular complexity index is 256.